The summed E-state index contributed by atoms with van der Waals surface area (Å²) in [4.78, 5) is 25.2. The first kappa shape index (κ1) is 31.7. The highest BCUT2D eigenvalue weighted by Crippen LogP contribution is 2.35. The molecule has 0 unspecified atom stereocenters. The maximum Gasteiger partial charge on any atom is 0.338 e. The first-order chi connectivity index (χ1) is 20.7. The van der Waals surface area contributed by atoms with Gasteiger partial charge in [0.2, 0.25) is 0 Å². The van der Waals surface area contributed by atoms with E-state index in [1.54, 1.807) is 62.4 Å². The highest BCUT2D eigenvalue weighted by atomic mass is 35.5. The number of halogens is 3. The van der Waals surface area contributed by atoms with E-state index in [1.807, 2.05) is 0 Å². The summed E-state index contributed by atoms with van der Waals surface area (Å²) in [6, 6.07) is 15.3. The number of amides is 1. The molecule has 0 saturated heterocycles. The fourth-order valence-corrected chi connectivity index (χ4v) is 5.02. The molecule has 0 saturated carbocycles. The SMILES string of the molecule is CCOC(=O)C1=C(C)NC(=S)N[C@@H]1c1ccccc1OCC(=O)NN=Cc1cc(Cl)c(OCc2ccc(F)cc2)c(Cl)c1. The van der Waals surface area contributed by atoms with Gasteiger partial charge in [0, 0.05) is 11.3 Å². The fourth-order valence-electron chi connectivity index (χ4n) is 4.14. The highest BCUT2D eigenvalue weighted by Gasteiger charge is 2.32. The van der Waals surface area contributed by atoms with E-state index in [2.05, 4.69) is 21.2 Å². The van der Waals surface area contributed by atoms with Crippen LogP contribution in [0, 0.1) is 5.82 Å². The maximum absolute atomic E-state index is 13.1. The minimum absolute atomic E-state index is 0.146. The molecule has 224 valence electrons. The van der Waals surface area contributed by atoms with E-state index in [1.165, 1.54) is 18.3 Å². The van der Waals surface area contributed by atoms with Crippen LogP contribution in [-0.4, -0.2) is 36.4 Å². The average Bonchev–Trinajstić information content (AvgIpc) is 2.96. The Bertz CT molecular complexity index is 1560. The number of ether oxygens (including phenoxy) is 3. The van der Waals surface area contributed by atoms with Crippen molar-refractivity contribution in [1.82, 2.24) is 16.1 Å². The second-order valence-corrected chi connectivity index (χ2v) is 10.4. The zero-order valence-corrected chi connectivity index (χ0v) is 25.4. The van der Waals surface area contributed by atoms with Crippen LogP contribution in [0.4, 0.5) is 4.39 Å². The molecule has 1 aliphatic heterocycles. The summed E-state index contributed by atoms with van der Waals surface area (Å²) in [6.07, 6.45) is 1.37. The number of thiocarbonyl (C=S) groups is 1. The van der Waals surface area contributed by atoms with Crippen molar-refractivity contribution < 1.29 is 28.2 Å². The van der Waals surface area contributed by atoms with Crippen molar-refractivity contribution in [3.8, 4) is 11.5 Å². The Balaban J connectivity index is 1.37. The van der Waals surface area contributed by atoms with E-state index in [9.17, 15) is 14.0 Å². The largest absolute Gasteiger partial charge is 0.486 e. The van der Waals surface area contributed by atoms with Gasteiger partial charge in [0.1, 0.15) is 18.2 Å². The minimum atomic E-state index is -0.651. The lowest BCUT2D eigenvalue weighted by atomic mass is 9.95. The van der Waals surface area contributed by atoms with Gasteiger partial charge >= 0.3 is 5.97 Å². The lowest BCUT2D eigenvalue weighted by Gasteiger charge is -2.30. The Kier molecular flexibility index (Phi) is 10.9. The van der Waals surface area contributed by atoms with Gasteiger partial charge in [-0.25, -0.2) is 14.6 Å². The van der Waals surface area contributed by atoms with Gasteiger partial charge in [0.25, 0.3) is 5.91 Å². The summed E-state index contributed by atoms with van der Waals surface area (Å²) in [5.41, 5.74) is 5.15. The molecule has 1 amide bonds. The Morgan fingerprint density at radius 1 is 1.09 bits per heavy atom. The van der Waals surface area contributed by atoms with Crippen LogP contribution in [0.25, 0.3) is 0 Å². The van der Waals surface area contributed by atoms with Gasteiger partial charge in [-0.3, -0.25) is 4.79 Å². The van der Waals surface area contributed by atoms with Crippen LogP contribution in [0.15, 0.2) is 77.0 Å². The Morgan fingerprint density at radius 2 is 1.79 bits per heavy atom. The van der Waals surface area contributed by atoms with E-state index in [0.29, 0.717) is 33.3 Å². The molecule has 9 nitrogen and oxygen atoms in total. The van der Waals surface area contributed by atoms with Crippen LogP contribution in [0.5, 0.6) is 11.5 Å². The topological polar surface area (TPSA) is 110 Å². The maximum atomic E-state index is 13.1. The van der Waals surface area contributed by atoms with E-state index >= 15 is 0 Å². The number of nitrogens with one attached hydrogen (secondary N) is 3. The van der Waals surface area contributed by atoms with Crippen LogP contribution < -0.4 is 25.5 Å². The molecule has 4 rings (SSSR count). The first-order valence-electron chi connectivity index (χ1n) is 13.0. The molecular formula is C30H27Cl2FN4O5S. The molecule has 0 bridgehead atoms. The summed E-state index contributed by atoms with van der Waals surface area (Å²) < 4.78 is 29.8. The number of rotatable bonds is 11. The third kappa shape index (κ3) is 8.44. The van der Waals surface area contributed by atoms with Crippen molar-refractivity contribution in [2.24, 2.45) is 5.10 Å². The van der Waals surface area contributed by atoms with Gasteiger partial charge in [0.15, 0.2) is 17.5 Å². The number of allylic oxidation sites excluding steroid dienone is 1. The second-order valence-electron chi connectivity index (χ2n) is 9.14. The van der Waals surface area contributed by atoms with Gasteiger partial charge < -0.3 is 24.8 Å². The summed E-state index contributed by atoms with van der Waals surface area (Å²) in [5.74, 6) is -0.742. The van der Waals surface area contributed by atoms with Crippen molar-refractivity contribution in [1.29, 1.82) is 0 Å². The van der Waals surface area contributed by atoms with Gasteiger partial charge in [-0.2, -0.15) is 5.10 Å². The van der Waals surface area contributed by atoms with Gasteiger partial charge in [-0.05, 0) is 67.5 Å². The summed E-state index contributed by atoms with van der Waals surface area (Å²) in [5, 5.41) is 10.8. The van der Waals surface area contributed by atoms with Crippen molar-refractivity contribution in [2.45, 2.75) is 26.5 Å². The van der Waals surface area contributed by atoms with E-state index in [-0.39, 0.29) is 41.4 Å². The lowest BCUT2D eigenvalue weighted by molar-refractivity contribution is -0.139. The van der Waals surface area contributed by atoms with Gasteiger partial charge in [0.05, 0.1) is 34.5 Å². The molecule has 3 aromatic rings. The third-order valence-corrected chi connectivity index (χ3v) is 6.85. The number of hydrogen-bond acceptors (Lipinski definition) is 7. The number of nitrogens with zero attached hydrogens (tertiary/aromatic N) is 1. The molecule has 0 aromatic heterocycles. The highest BCUT2D eigenvalue weighted by molar-refractivity contribution is 7.80. The monoisotopic (exact) mass is 644 g/mol. The molecule has 43 heavy (non-hydrogen) atoms. The Hall–Kier alpha value is -4.19. The number of esters is 1. The van der Waals surface area contributed by atoms with Crippen molar-refractivity contribution in [2.75, 3.05) is 13.2 Å². The van der Waals surface area contributed by atoms with E-state index in [4.69, 9.17) is 49.6 Å². The molecular weight excluding hydrogens is 618 g/mol. The summed E-state index contributed by atoms with van der Waals surface area (Å²) in [7, 11) is 0. The zero-order chi connectivity index (χ0) is 30.9. The van der Waals surface area contributed by atoms with Crippen LogP contribution >= 0.6 is 35.4 Å². The zero-order valence-electron chi connectivity index (χ0n) is 23.1. The van der Waals surface area contributed by atoms with Gasteiger partial charge in [-0.15, -0.1) is 0 Å². The van der Waals surface area contributed by atoms with Crippen LogP contribution in [0.1, 0.15) is 36.6 Å². The quantitative estimate of drug-likeness (QED) is 0.107. The minimum Gasteiger partial charge on any atom is -0.486 e. The summed E-state index contributed by atoms with van der Waals surface area (Å²) in [6.45, 7) is 3.45. The molecule has 1 atom stereocenters. The molecule has 1 aliphatic rings. The Labute approximate surface area is 263 Å². The lowest BCUT2D eigenvalue weighted by Crippen LogP contribution is -2.45. The van der Waals surface area contributed by atoms with Gasteiger partial charge in [-0.1, -0.05) is 53.5 Å². The van der Waals surface area contributed by atoms with E-state index in [0.717, 1.165) is 5.56 Å². The van der Waals surface area contributed by atoms with Crippen molar-refractivity contribution in [3.63, 3.8) is 0 Å². The number of carbonyl (C=O) groups excluding carboxylic acids is 2. The van der Waals surface area contributed by atoms with E-state index < -0.39 is 17.9 Å². The average molecular weight is 646 g/mol. The number of benzene rings is 3. The third-order valence-electron chi connectivity index (χ3n) is 6.07. The normalized spacial score (nSPS) is 14.6. The number of hydrogen-bond donors (Lipinski definition) is 3. The molecule has 13 heteroatoms. The standard InChI is InChI=1S/C30H27Cl2FN4O5S/c1-3-40-29(39)26-17(2)35-30(43)36-27(26)21-6-4-5-7-24(21)41-16-25(38)37-34-14-19-12-22(31)28(23(32)13-19)42-15-18-8-10-20(33)11-9-18/h4-14,27H,3,15-16H2,1-2H3,(H,37,38)(H2,35,36,43)/t27-/m1/s1. The second kappa shape index (κ2) is 14.8. The summed E-state index contributed by atoms with van der Waals surface area (Å²) >= 11 is 18.0. The molecule has 0 spiro atoms. The Morgan fingerprint density at radius 3 is 2.49 bits per heavy atom. The molecule has 0 radical (unpaired) electrons. The fraction of sp³-hybridized carbons (Fsp3) is 0.200. The number of carbonyl (C=O) groups is 2. The van der Waals surface area contributed by atoms with Crippen molar-refractivity contribution in [3.05, 3.63) is 104 Å². The molecule has 0 fully saturated rings. The number of para-hydroxylation sites is 1. The molecule has 3 aromatic carbocycles. The van der Waals surface area contributed by atoms with Crippen molar-refractivity contribution >= 4 is 58.6 Å². The molecule has 1 heterocycles. The number of hydrazone groups is 1. The molecule has 3 N–H and O–H groups in total. The van der Waals surface area contributed by atoms with Crippen LogP contribution in [0.3, 0.4) is 0 Å². The predicted octanol–water partition coefficient (Wildman–Crippen LogP) is 5.60. The molecule has 0 aliphatic carbocycles. The smallest absolute Gasteiger partial charge is 0.338 e. The van der Waals surface area contributed by atoms with Crippen LogP contribution in [0.2, 0.25) is 10.0 Å². The first-order valence-corrected chi connectivity index (χ1v) is 14.2. The predicted molar refractivity (Wildman–Crippen MR) is 166 cm³/mol. The van der Waals surface area contributed by atoms with Crippen LogP contribution in [-0.2, 0) is 20.9 Å².